The van der Waals surface area contributed by atoms with Crippen molar-refractivity contribution in [2.75, 3.05) is 0 Å². The van der Waals surface area contributed by atoms with Gasteiger partial charge >= 0.3 is 0 Å². The molecule has 0 atom stereocenters. The molecule has 0 unspecified atom stereocenters. The van der Waals surface area contributed by atoms with E-state index in [1.54, 1.807) is 0 Å². The fourth-order valence-corrected chi connectivity index (χ4v) is 2.16. The summed E-state index contributed by atoms with van der Waals surface area (Å²) in [5.41, 5.74) is 4.31. The Bertz CT molecular complexity index is 729. The molecule has 3 heteroatoms. The van der Waals surface area contributed by atoms with E-state index in [9.17, 15) is 0 Å². The van der Waals surface area contributed by atoms with Gasteiger partial charge in [-0.05, 0) is 49.2 Å². The van der Waals surface area contributed by atoms with Crippen molar-refractivity contribution in [3.8, 4) is 17.0 Å². The molecule has 3 nitrogen and oxygen atoms in total. The molecule has 0 fully saturated rings. The van der Waals surface area contributed by atoms with Crippen molar-refractivity contribution >= 4 is 0 Å². The molecule has 0 aliphatic heterocycles. The van der Waals surface area contributed by atoms with Crippen molar-refractivity contribution in [2.24, 2.45) is 0 Å². The highest BCUT2D eigenvalue weighted by Gasteiger charge is 2.04. The number of hydrogen-bond donors (Lipinski definition) is 0. The summed E-state index contributed by atoms with van der Waals surface area (Å²) in [7, 11) is 0. The molecular formula is C18H17NO2. The first-order valence-corrected chi connectivity index (χ1v) is 6.93. The summed E-state index contributed by atoms with van der Waals surface area (Å²) in [6.45, 7) is 4.56. The van der Waals surface area contributed by atoms with Gasteiger partial charge in [-0.1, -0.05) is 29.4 Å². The lowest BCUT2D eigenvalue weighted by Crippen LogP contribution is -1.97. The van der Waals surface area contributed by atoms with Crippen molar-refractivity contribution in [2.45, 2.75) is 20.5 Å². The molecule has 1 heterocycles. The van der Waals surface area contributed by atoms with Crippen molar-refractivity contribution in [3.63, 3.8) is 0 Å². The lowest BCUT2D eigenvalue weighted by atomic mass is 10.1. The van der Waals surface area contributed by atoms with Crippen LogP contribution in [0.25, 0.3) is 11.3 Å². The minimum absolute atomic E-state index is 0.578. The van der Waals surface area contributed by atoms with E-state index in [2.05, 4.69) is 24.2 Å². The van der Waals surface area contributed by atoms with Crippen LogP contribution >= 0.6 is 0 Å². The van der Waals surface area contributed by atoms with Crippen LogP contribution in [0.5, 0.6) is 5.75 Å². The van der Waals surface area contributed by atoms with Crippen LogP contribution in [0.4, 0.5) is 0 Å². The zero-order chi connectivity index (χ0) is 14.7. The third-order valence-electron chi connectivity index (χ3n) is 3.43. The Hall–Kier alpha value is -2.55. The number of hydrogen-bond acceptors (Lipinski definition) is 3. The minimum atomic E-state index is 0.578. The van der Waals surface area contributed by atoms with Gasteiger partial charge in [0.15, 0.2) is 0 Å². The largest absolute Gasteiger partial charge is 0.489 e. The number of ether oxygens (including phenoxy) is 1. The number of nitrogens with zero attached hydrogens (tertiary/aromatic N) is 1. The number of aromatic nitrogens is 1. The Morgan fingerprint density at radius 1 is 1.00 bits per heavy atom. The third kappa shape index (κ3) is 3.14. The van der Waals surface area contributed by atoms with E-state index >= 15 is 0 Å². The van der Waals surface area contributed by atoms with E-state index in [0.29, 0.717) is 6.61 Å². The smallest absolute Gasteiger partial charge is 0.134 e. The van der Waals surface area contributed by atoms with Gasteiger partial charge in [0.2, 0.25) is 0 Å². The standard InChI is InChI=1S/C18H17NO2/c1-13-5-3-4-6-16(13)12-20-17-9-7-15(8-10-17)18-11-14(2)21-19-18/h3-11H,12H2,1-2H3. The molecule has 0 N–H and O–H groups in total. The molecule has 0 spiro atoms. The van der Waals surface area contributed by atoms with E-state index in [-0.39, 0.29) is 0 Å². The monoisotopic (exact) mass is 279 g/mol. The molecule has 2 aromatic carbocycles. The lowest BCUT2D eigenvalue weighted by Gasteiger charge is -2.08. The van der Waals surface area contributed by atoms with Crippen molar-refractivity contribution in [1.82, 2.24) is 5.16 Å². The van der Waals surface area contributed by atoms with E-state index in [4.69, 9.17) is 9.26 Å². The maximum atomic E-state index is 5.83. The SMILES string of the molecule is Cc1cc(-c2ccc(OCc3ccccc3C)cc2)no1. The second kappa shape index (κ2) is 5.83. The topological polar surface area (TPSA) is 35.3 Å². The van der Waals surface area contributed by atoms with Crippen LogP contribution in [-0.2, 0) is 6.61 Å². The first-order chi connectivity index (χ1) is 10.2. The van der Waals surface area contributed by atoms with Crippen LogP contribution in [0.3, 0.4) is 0 Å². The van der Waals surface area contributed by atoms with Gasteiger partial charge in [0.05, 0.1) is 0 Å². The van der Waals surface area contributed by atoms with Gasteiger partial charge in [-0.3, -0.25) is 0 Å². The number of benzene rings is 2. The van der Waals surface area contributed by atoms with E-state index in [1.165, 1.54) is 11.1 Å². The minimum Gasteiger partial charge on any atom is -0.489 e. The molecule has 106 valence electrons. The van der Waals surface area contributed by atoms with Gasteiger partial charge in [-0.25, -0.2) is 0 Å². The van der Waals surface area contributed by atoms with Crippen LogP contribution in [-0.4, -0.2) is 5.16 Å². The Morgan fingerprint density at radius 2 is 1.76 bits per heavy atom. The van der Waals surface area contributed by atoms with Crippen molar-refractivity contribution in [1.29, 1.82) is 0 Å². The van der Waals surface area contributed by atoms with Gasteiger partial charge in [-0.2, -0.15) is 0 Å². The second-order valence-corrected chi connectivity index (χ2v) is 5.06. The molecule has 0 bridgehead atoms. The van der Waals surface area contributed by atoms with Crippen LogP contribution in [0, 0.1) is 13.8 Å². The molecule has 3 rings (SSSR count). The van der Waals surface area contributed by atoms with Crippen LogP contribution < -0.4 is 4.74 Å². The van der Waals surface area contributed by atoms with Crippen LogP contribution in [0.2, 0.25) is 0 Å². The van der Waals surface area contributed by atoms with Crippen molar-refractivity contribution in [3.05, 3.63) is 71.5 Å². The van der Waals surface area contributed by atoms with E-state index < -0.39 is 0 Å². The molecule has 0 saturated heterocycles. The highest BCUT2D eigenvalue weighted by molar-refractivity contribution is 5.59. The van der Waals surface area contributed by atoms with Gasteiger partial charge in [0, 0.05) is 11.6 Å². The maximum Gasteiger partial charge on any atom is 0.134 e. The summed E-state index contributed by atoms with van der Waals surface area (Å²) in [5.74, 6) is 1.66. The summed E-state index contributed by atoms with van der Waals surface area (Å²) in [4.78, 5) is 0. The molecule has 0 radical (unpaired) electrons. The maximum absolute atomic E-state index is 5.83. The summed E-state index contributed by atoms with van der Waals surface area (Å²) >= 11 is 0. The van der Waals surface area contributed by atoms with Crippen LogP contribution in [0.1, 0.15) is 16.9 Å². The predicted molar refractivity (Wildman–Crippen MR) is 82.2 cm³/mol. The van der Waals surface area contributed by atoms with Crippen molar-refractivity contribution < 1.29 is 9.26 Å². The molecule has 0 aliphatic carbocycles. The molecule has 3 aromatic rings. The Morgan fingerprint density at radius 3 is 2.43 bits per heavy atom. The van der Waals surface area contributed by atoms with E-state index in [0.717, 1.165) is 22.8 Å². The highest BCUT2D eigenvalue weighted by atomic mass is 16.5. The predicted octanol–water partition coefficient (Wildman–Crippen LogP) is 4.54. The molecule has 0 aliphatic rings. The quantitative estimate of drug-likeness (QED) is 0.703. The number of aryl methyl sites for hydroxylation is 2. The normalized spacial score (nSPS) is 10.6. The fourth-order valence-electron chi connectivity index (χ4n) is 2.16. The van der Waals surface area contributed by atoms with Gasteiger partial charge < -0.3 is 9.26 Å². The lowest BCUT2D eigenvalue weighted by molar-refractivity contribution is 0.305. The number of rotatable bonds is 4. The Labute approximate surface area is 124 Å². The van der Waals surface area contributed by atoms with Gasteiger partial charge in [0.25, 0.3) is 0 Å². The Balaban J connectivity index is 1.69. The summed E-state index contributed by atoms with van der Waals surface area (Å²) in [6, 6.07) is 18.1. The zero-order valence-electron chi connectivity index (χ0n) is 12.2. The van der Waals surface area contributed by atoms with E-state index in [1.807, 2.05) is 49.4 Å². The van der Waals surface area contributed by atoms with Crippen LogP contribution in [0.15, 0.2) is 59.1 Å². The average Bonchev–Trinajstić information content (AvgIpc) is 2.94. The summed E-state index contributed by atoms with van der Waals surface area (Å²) in [5, 5.41) is 4.01. The molecule has 0 saturated carbocycles. The average molecular weight is 279 g/mol. The first kappa shape index (κ1) is 13.4. The highest BCUT2D eigenvalue weighted by Crippen LogP contribution is 2.22. The fraction of sp³-hybridized carbons (Fsp3) is 0.167. The summed E-state index contributed by atoms with van der Waals surface area (Å²) < 4.78 is 10.9. The summed E-state index contributed by atoms with van der Waals surface area (Å²) in [6.07, 6.45) is 0. The molecule has 0 amide bonds. The molecule has 1 aromatic heterocycles. The second-order valence-electron chi connectivity index (χ2n) is 5.06. The van der Waals surface area contributed by atoms with Gasteiger partial charge in [-0.15, -0.1) is 0 Å². The zero-order valence-corrected chi connectivity index (χ0v) is 12.2. The molecule has 21 heavy (non-hydrogen) atoms. The third-order valence-corrected chi connectivity index (χ3v) is 3.43. The van der Waals surface area contributed by atoms with Gasteiger partial charge in [0.1, 0.15) is 23.8 Å². The Kier molecular flexibility index (Phi) is 3.73. The first-order valence-electron chi connectivity index (χ1n) is 6.93. The molecular weight excluding hydrogens is 262 g/mol.